The summed E-state index contributed by atoms with van der Waals surface area (Å²) in [4.78, 5) is 29.0. The van der Waals surface area contributed by atoms with Gasteiger partial charge in [0.15, 0.2) is 0 Å². The van der Waals surface area contributed by atoms with Crippen molar-refractivity contribution in [1.82, 2.24) is 14.9 Å². The zero-order valence-electron chi connectivity index (χ0n) is 18.3. The molecule has 0 spiro atoms. The summed E-state index contributed by atoms with van der Waals surface area (Å²) in [6, 6.07) is 3.53. The maximum Gasteiger partial charge on any atom is 0.260 e. The largest absolute Gasteiger partial charge is 0.356 e. The molecule has 1 aromatic carbocycles. The number of benzene rings is 1. The molecule has 0 saturated carbocycles. The summed E-state index contributed by atoms with van der Waals surface area (Å²) in [6.07, 6.45) is 7.53. The molecule has 0 atom stereocenters. The van der Waals surface area contributed by atoms with E-state index >= 15 is 0 Å². The number of halogens is 2. The van der Waals surface area contributed by atoms with Crippen LogP contribution < -0.4 is 9.80 Å². The van der Waals surface area contributed by atoms with Gasteiger partial charge in [0, 0.05) is 44.7 Å². The first kappa shape index (κ1) is 21.1. The number of nitrogens with zero attached hydrogens (tertiary/aromatic N) is 5. The Balaban J connectivity index is 1.49. The smallest absolute Gasteiger partial charge is 0.260 e. The van der Waals surface area contributed by atoms with Crippen LogP contribution in [0.5, 0.6) is 0 Å². The fourth-order valence-electron chi connectivity index (χ4n) is 5.02. The predicted octanol–water partition coefficient (Wildman–Crippen LogP) is 3.93. The maximum atomic E-state index is 14.3. The van der Waals surface area contributed by atoms with Gasteiger partial charge < -0.3 is 14.7 Å². The van der Waals surface area contributed by atoms with Crippen LogP contribution in [0.2, 0.25) is 0 Å². The number of carbonyl (C=O) groups is 1. The number of carbonyl (C=O) groups excluding carboxylic acids is 1. The highest BCUT2D eigenvalue weighted by atomic mass is 19.1. The maximum absolute atomic E-state index is 14.3. The highest BCUT2D eigenvalue weighted by Gasteiger charge is 2.31. The van der Waals surface area contributed by atoms with E-state index in [-0.39, 0.29) is 6.54 Å². The number of anilines is 2. The molecule has 0 aliphatic carbocycles. The fourth-order valence-corrected chi connectivity index (χ4v) is 5.02. The lowest BCUT2D eigenvalue weighted by molar-refractivity contribution is 0.0723. The molecule has 3 aliphatic rings. The van der Waals surface area contributed by atoms with Crippen molar-refractivity contribution in [3.63, 3.8) is 0 Å². The van der Waals surface area contributed by atoms with Gasteiger partial charge in [-0.25, -0.2) is 13.8 Å². The third-order valence-corrected chi connectivity index (χ3v) is 6.78. The Kier molecular flexibility index (Phi) is 5.93. The quantitative estimate of drug-likeness (QED) is 0.722. The van der Waals surface area contributed by atoms with Gasteiger partial charge in [0.2, 0.25) is 5.95 Å². The van der Waals surface area contributed by atoms with Gasteiger partial charge in [0.05, 0.1) is 12.2 Å². The molecule has 5 rings (SSSR count). The third-order valence-electron chi connectivity index (χ3n) is 6.78. The predicted molar refractivity (Wildman–Crippen MR) is 119 cm³/mol. The number of hydrogen-bond acceptors (Lipinski definition) is 5. The molecule has 3 aliphatic heterocycles. The molecule has 0 bridgehead atoms. The first-order valence-corrected chi connectivity index (χ1v) is 11.7. The Bertz CT molecular complexity index is 982. The van der Waals surface area contributed by atoms with Crippen LogP contribution in [0.15, 0.2) is 18.2 Å². The summed E-state index contributed by atoms with van der Waals surface area (Å²) in [5.41, 5.74) is 1.39. The number of hydrogen-bond donors (Lipinski definition) is 0. The summed E-state index contributed by atoms with van der Waals surface area (Å²) < 4.78 is 28.5. The van der Waals surface area contributed by atoms with Crippen LogP contribution in [0.3, 0.4) is 0 Å². The average molecular weight is 442 g/mol. The Morgan fingerprint density at radius 3 is 2.09 bits per heavy atom. The van der Waals surface area contributed by atoms with E-state index in [9.17, 15) is 13.6 Å². The molecule has 4 heterocycles. The van der Waals surface area contributed by atoms with E-state index in [1.807, 2.05) is 0 Å². The number of rotatable bonds is 3. The van der Waals surface area contributed by atoms with Crippen molar-refractivity contribution in [2.45, 2.75) is 51.5 Å². The Morgan fingerprint density at radius 1 is 0.812 bits per heavy atom. The summed E-state index contributed by atoms with van der Waals surface area (Å²) >= 11 is 0. The summed E-state index contributed by atoms with van der Waals surface area (Å²) in [5.74, 6) is -0.593. The molecule has 8 heteroatoms. The molecule has 2 fully saturated rings. The average Bonchev–Trinajstić information content (AvgIpc) is 2.84. The number of amides is 1. The van der Waals surface area contributed by atoms with E-state index < -0.39 is 23.1 Å². The van der Waals surface area contributed by atoms with Crippen molar-refractivity contribution < 1.29 is 13.6 Å². The van der Waals surface area contributed by atoms with Crippen molar-refractivity contribution in [3.05, 3.63) is 46.7 Å². The molecule has 1 amide bonds. The van der Waals surface area contributed by atoms with Gasteiger partial charge in [0.1, 0.15) is 23.0 Å². The van der Waals surface area contributed by atoms with Crippen LogP contribution >= 0.6 is 0 Å². The van der Waals surface area contributed by atoms with Crippen molar-refractivity contribution in [1.29, 1.82) is 0 Å². The molecular weight excluding hydrogens is 412 g/mol. The first-order chi connectivity index (χ1) is 15.6. The van der Waals surface area contributed by atoms with E-state index in [0.29, 0.717) is 13.0 Å². The second kappa shape index (κ2) is 9.00. The zero-order chi connectivity index (χ0) is 22.1. The SMILES string of the molecule is O=C(c1c(F)cccc1F)N1CCc2nc(N3CCCCC3)nc(N3CCCCC3)c2C1. The van der Waals surface area contributed by atoms with Gasteiger partial charge in [-0.1, -0.05) is 6.07 Å². The standard InChI is InChI=1S/C24H29F2N5O/c25-18-8-7-9-19(26)21(18)23(32)31-15-10-20-17(16-31)22(29-11-3-1-4-12-29)28-24(27-20)30-13-5-2-6-14-30/h7-9H,1-6,10-16H2. The van der Waals surface area contributed by atoms with E-state index in [2.05, 4.69) is 9.80 Å². The molecule has 0 unspecified atom stereocenters. The summed E-state index contributed by atoms with van der Waals surface area (Å²) in [5, 5.41) is 0. The zero-order valence-corrected chi connectivity index (χ0v) is 18.3. The van der Waals surface area contributed by atoms with Crippen molar-refractivity contribution in [2.24, 2.45) is 0 Å². The van der Waals surface area contributed by atoms with Gasteiger partial charge in [-0.05, 0) is 50.7 Å². The molecule has 170 valence electrons. The number of aromatic nitrogens is 2. The lowest BCUT2D eigenvalue weighted by Gasteiger charge is -2.36. The minimum atomic E-state index is -0.825. The minimum absolute atomic E-state index is 0.272. The van der Waals surface area contributed by atoms with E-state index in [4.69, 9.17) is 9.97 Å². The molecule has 32 heavy (non-hydrogen) atoms. The van der Waals surface area contributed by atoms with Crippen molar-refractivity contribution in [2.75, 3.05) is 42.5 Å². The Hall–Kier alpha value is -2.77. The summed E-state index contributed by atoms with van der Waals surface area (Å²) in [6.45, 7) is 4.45. The summed E-state index contributed by atoms with van der Waals surface area (Å²) in [7, 11) is 0. The molecule has 2 aromatic rings. The second-order valence-electron chi connectivity index (χ2n) is 8.94. The molecule has 1 aromatic heterocycles. The first-order valence-electron chi connectivity index (χ1n) is 11.7. The highest BCUT2D eigenvalue weighted by molar-refractivity contribution is 5.95. The normalized spacial score (nSPS) is 19.1. The van der Waals surface area contributed by atoms with Crippen LogP contribution in [0, 0.1) is 11.6 Å². The van der Waals surface area contributed by atoms with Crippen molar-refractivity contribution in [3.8, 4) is 0 Å². The lowest BCUT2D eigenvalue weighted by Crippen LogP contribution is -2.40. The van der Waals surface area contributed by atoms with E-state index in [1.54, 1.807) is 0 Å². The minimum Gasteiger partial charge on any atom is -0.356 e. The van der Waals surface area contributed by atoms with Crippen LogP contribution in [-0.4, -0.2) is 53.5 Å². The molecule has 0 N–H and O–H groups in total. The van der Waals surface area contributed by atoms with Gasteiger partial charge in [-0.3, -0.25) is 4.79 Å². The number of piperidine rings is 2. The Labute approximate surface area is 187 Å². The van der Waals surface area contributed by atoms with Gasteiger partial charge >= 0.3 is 0 Å². The van der Waals surface area contributed by atoms with Crippen molar-refractivity contribution >= 4 is 17.7 Å². The molecule has 2 saturated heterocycles. The van der Waals surface area contributed by atoms with E-state index in [0.717, 1.165) is 87.0 Å². The highest BCUT2D eigenvalue weighted by Crippen LogP contribution is 2.32. The monoisotopic (exact) mass is 441 g/mol. The second-order valence-corrected chi connectivity index (χ2v) is 8.94. The van der Waals surface area contributed by atoms with Gasteiger partial charge in [-0.15, -0.1) is 0 Å². The Morgan fingerprint density at radius 2 is 1.44 bits per heavy atom. The molecule has 0 radical (unpaired) electrons. The topological polar surface area (TPSA) is 52.6 Å². The van der Waals surface area contributed by atoms with E-state index in [1.165, 1.54) is 23.8 Å². The molecular formula is C24H29F2N5O. The van der Waals surface area contributed by atoms with Gasteiger partial charge in [0.25, 0.3) is 5.91 Å². The third kappa shape index (κ3) is 4.02. The number of fused-ring (bicyclic) bond motifs is 1. The van der Waals surface area contributed by atoms with Crippen LogP contribution in [-0.2, 0) is 13.0 Å². The van der Waals surface area contributed by atoms with Crippen LogP contribution in [0.25, 0.3) is 0 Å². The van der Waals surface area contributed by atoms with Crippen LogP contribution in [0.4, 0.5) is 20.5 Å². The fraction of sp³-hybridized carbons (Fsp3) is 0.542. The lowest BCUT2D eigenvalue weighted by atomic mass is 10.0. The molecule has 6 nitrogen and oxygen atoms in total. The van der Waals surface area contributed by atoms with Crippen LogP contribution in [0.1, 0.15) is 60.1 Å². The van der Waals surface area contributed by atoms with Gasteiger partial charge in [-0.2, -0.15) is 4.98 Å².